The Labute approximate surface area is 117 Å². The number of benzene rings is 1. The van der Waals surface area contributed by atoms with Gasteiger partial charge in [-0.3, -0.25) is 0 Å². The lowest BCUT2D eigenvalue weighted by Gasteiger charge is -2.07. The first-order valence-electron chi connectivity index (χ1n) is 5.88. The summed E-state index contributed by atoms with van der Waals surface area (Å²) in [5.41, 5.74) is 5.41. The monoisotopic (exact) mass is 297 g/mol. The molecule has 1 aromatic heterocycles. The number of aromatic nitrogens is 2. The van der Waals surface area contributed by atoms with Gasteiger partial charge in [0.25, 0.3) is 0 Å². The summed E-state index contributed by atoms with van der Waals surface area (Å²) >= 11 is 0. The van der Waals surface area contributed by atoms with Crippen LogP contribution in [0.25, 0.3) is 11.4 Å². The van der Waals surface area contributed by atoms with E-state index in [1.54, 1.807) is 6.92 Å². The van der Waals surface area contributed by atoms with Gasteiger partial charge in [0.2, 0.25) is 0 Å². The molecule has 1 aromatic carbocycles. The maximum Gasteiger partial charge on any atom is 0.343 e. The Kier molecular flexibility index (Phi) is 4.06. The van der Waals surface area contributed by atoms with Crippen molar-refractivity contribution in [1.82, 2.24) is 9.97 Å². The van der Waals surface area contributed by atoms with Crippen molar-refractivity contribution in [2.45, 2.75) is 6.92 Å². The summed E-state index contributed by atoms with van der Waals surface area (Å²) in [5, 5.41) is 0. The van der Waals surface area contributed by atoms with E-state index in [0.717, 1.165) is 18.3 Å². The molecule has 2 N–H and O–H groups in total. The summed E-state index contributed by atoms with van der Waals surface area (Å²) in [7, 11) is 0. The van der Waals surface area contributed by atoms with Crippen molar-refractivity contribution in [1.29, 1.82) is 0 Å². The minimum atomic E-state index is -1.59. The Morgan fingerprint density at radius 2 is 1.90 bits per heavy atom. The van der Waals surface area contributed by atoms with Gasteiger partial charge in [0.15, 0.2) is 23.3 Å². The molecule has 0 radical (unpaired) electrons. The minimum Gasteiger partial charge on any atom is -0.462 e. The number of esters is 1. The van der Waals surface area contributed by atoms with Gasteiger partial charge in [0.05, 0.1) is 6.61 Å². The van der Waals surface area contributed by atoms with E-state index < -0.39 is 23.4 Å². The highest BCUT2D eigenvalue weighted by Crippen LogP contribution is 2.22. The second-order valence-electron chi connectivity index (χ2n) is 3.97. The number of halogens is 3. The predicted octanol–water partition coefficient (Wildman–Crippen LogP) is 2.32. The highest BCUT2D eigenvalue weighted by atomic mass is 19.2. The number of nitrogens with zero attached hydrogens (tertiary/aromatic N) is 2. The Hall–Kier alpha value is -2.64. The largest absolute Gasteiger partial charge is 0.462 e. The van der Waals surface area contributed by atoms with E-state index in [0.29, 0.717) is 0 Å². The van der Waals surface area contributed by atoms with Gasteiger partial charge in [-0.1, -0.05) is 0 Å². The molecule has 1 heterocycles. The Morgan fingerprint density at radius 1 is 1.29 bits per heavy atom. The fourth-order valence-electron chi connectivity index (χ4n) is 1.58. The number of ether oxygens (including phenoxy) is 1. The van der Waals surface area contributed by atoms with Crippen LogP contribution in [0.1, 0.15) is 17.3 Å². The van der Waals surface area contributed by atoms with Crippen LogP contribution in [0.5, 0.6) is 0 Å². The second kappa shape index (κ2) is 5.78. The van der Waals surface area contributed by atoms with Crippen LogP contribution in [0.2, 0.25) is 0 Å². The molecule has 0 aliphatic carbocycles. The van der Waals surface area contributed by atoms with Crippen molar-refractivity contribution in [3.63, 3.8) is 0 Å². The van der Waals surface area contributed by atoms with Crippen LogP contribution in [-0.2, 0) is 4.74 Å². The van der Waals surface area contributed by atoms with E-state index in [9.17, 15) is 18.0 Å². The van der Waals surface area contributed by atoms with Crippen LogP contribution in [0.4, 0.5) is 19.0 Å². The molecule has 0 unspecified atom stereocenters. The number of anilines is 1. The SMILES string of the molecule is CCOC(=O)c1cnc(-c2cc(F)c(F)c(F)c2)nc1N. The van der Waals surface area contributed by atoms with Crippen LogP contribution in [0.15, 0.2) is 18.3 Å². The van der Waals surface area contributed by atoms with Crippen molar-refractivity contribution in [2.24, 2.45) is 0 Å². The molecule has 0 aliphatic heterocycles. The molecule has 0 aliphatic rings. The lowest BCUT2D eigenvalue weighted by Crippen LogP contribution is -2.11. The quantitative estimate of drug-likeness (QED) is 0.695. The van der Waals surface area contributed by atoms with Gasteiger partial charge in [-0.05, 0) is 19.1 Å². The van der Waals surface area contributed by atoms with E-state index in [-0.39, 0.29) is 29.4 Å². The van der Waals surface area contributed by atoms with Gasteiger partial charge < -0.3 is 10.5 Å². The average molecular weight is 297 g/mol. The maximum absolute atomic E-state index is 13.2. The van der Waals surface area contributed by atoms with Gasteiger partial charge in [-0.15, -0.1) is 0 Å². The van der Waals surface area contributed by atoms with E-state index in [1.165, 1.54) is 0 Å². The smallest absolute Gasteiger partial charge is 0.343 e. The molecule has 0 fully saturated rings. The lowest BCUT2D eigenvalue weighted by molar-refractivity contribution is 0.0527. The Morgan fingerprint density at radius 3 is 2.43 bits per heavy atom. The first kappa shape index (κ1) is 14.8. The number of carbonyl (C=O) groups is 1. The molecule has 2 aromatic rings. The summed E-state index contributed by atoms with van der Waals surface area (Å²) in [6, 6.07) is 1.47. The van der Waals surface area contributed by atoms with Crippen molar-refractivity contribution >= 4 is 11.8 Å². The summed E-state index contributed by atoms with van der Waals surface area (Å²) in [6.07, 6.45) is 1.08. The molecule has 0 spiro atoms. The van der Waals surface area contributed by atoms with Crippen molar-refractivity contribution in [2.75, 3.05) is 12.3 Å². The fraction of sp³-hybridized carbons (Fsp3) is 0.154. The third-order valence-electron chi connectivity index (χ3n) is 2.56. The molecule has 5 nitrogen and oxygen atoms in total. The van der Waals surface area contributed by atoms with Crippen molar-refractivity contribution in [3.8, 4) is 11.4 Å². The number of nitrogen functional groups attached to an aromatic ring is 1. The van der Waals surface area contributed by atoms with Crippen LogP contribution >= 0.6 is 0 Å². The number of hydrogen-bond donors (Lipinski definition) is 1. The van der Waals surface area contributed by atoms with E-state index in [2.05, 4.69) is 9.97 Å². The van der Waals surface area contributed by atoms with Crippen LogP contribution < -0.4 is 5.73 Å². The zero-order chi connectivity index (χ0) is 15.6. The molecule has 21 heavy (non-hydrogen) atoms. The number of carbonyl (C=O) groups excluding carboxylic acids is 1. The standard InChI is InChI=1S/C13H10F3N3O2/c1-2-21-13(20)7-5-18-12(19-11(7)17)6-3-8(14)10(16)9(15)4-6/h3-5H,2H2,1H3,(H2,17,18,19). The molecule has 0 amide bonds. The molecule has 2 rings (SSSR count). The average Bonchev–Trinajstić information content (AvgIpc) is 2.44. The van der Waals surface area contributed by atoms with Crippen LogP contribution in [0.3, 0.4) is 0 Å². The molecule has 110 valence electrons. The Balaban J connectivity index is 2.43. The topological polar surface area (TPSA) is 78.1 Å². The third kappa shape index (κ3) is 2.93. The molecule has 0 saturated carbocycles. The molecule has 0 bridgehead atoms. The highest BCUT2D eigenvalue weighted by molar-refractivity contribution is 5.94. The fourth-order valence-corrected chi connectivity index (χ4v) is 1.58. The van der Waals surface area contributed by atoms with E-state index >= 15 is 0 Å². The number of rotatable bonds is 3. The Bertz CT molecular complexity index is 684. The molecule has 0 atom stereocenters. The van der Waals surface area contributed by atoms with Gasteiger partial charge in [0.1, 0.15) is 11.4 Å². The van der Waals surface area contributed by atoms with Crippen molar-refractivity contribution in [3.05, 3.63) is 41.3 Å². The second-order valence-corrected chi connectivity index (χ2v) is 3.97. The van der Waals surface area contributed by atoms with Gasteiger partial charge in [-0.2, -0.15) is 0 Å². The first-order chi connectivity index (χ1) is 9.93. The normalized spacial score (nSPS) is 10.5. The van der Waals surface area contributed by atoms with Crippen LogP contribution in [0, 0.1) is 17.5 Å². The van der Waals surface area contributed by atoms with Crippen molar-refractivity contribution < 1.29 is 22.7 Å². The zero-order valence-corrected chi connectivity index (χ0v) is 10.9. The molecular formula is C13H10F3N3O2. The summed E-state index contributed by atoms with van der Waals surface area (Å²) in [5.74, 6) is -5.39. The summed E-state index contributed by atoms with van der Waals surface area (Å²) < 4.78 is 43.9. The van der Waals surface area contributed by atoms with Gasteiger partial charge in [0, 0.05) is 11.8 Å². The maximum atomic E-state index is 13.2. The third-order valence-corrected chi connectivity index (χ3v) is 2.56. The summed E-state index contributed by atoms with van der Waals surface area (Å²) in [4.78, 5) is 19.1. The lowest BCUT2D eigenvalue weighted by atomic mass is 10.2. The number of hydrogen-bond acceptors (Lipinski definition) is 5. The first-order valence-corrected chi connectivity index (χ1v) is 5.88. The molecule has 8 heteroatoms. The van der Waals surface area contributed by atoms with E-state index in [1.807, 2.05) is 0 Å². The zero-order valence-electron chi connectivity index (χ0n) is 10.9. The minimum absolute atomic E-state index is 0.0661. The van der Waals surface area contributed by atoms with E-state index in [4.69, 9.17) is 10.5 Å². The molecule has 0 saturated heterocycles. The predicted molar refractivity (Wildman–Crippen MR) is 67.7 cm³/mol. The molecular weight excluding hydrogens is 287 g/mol. The van der Waals surface area contributed by atoms with Crippen LogP contribution in [-0.4, -0.2) is 22.5 Å². The van der Waals surface area contributed by atoms with Gasteiger partial charge >= 0.3 is 5.97 Å². The summed E-state index contributed by atoms with van der Waals surface area (Å²) in [6.45, 7) is 1.77. The number of nitrogens with two attached hydrogens (primary N) is 1. The van der Waals surface area contributed by atoms with Gasteiger partial charge in [-0.25, -0.2) is 27.9 Å². The highest BCUT2D eigenvalue weighted by Gasteiger charge is 2.17.